The van der Waals surface area contributed by atoms with E-state index in [4.69, 9.17) is 17.2 Å². The van der Waals surface area contributed by atoms with Crippen LogP contribution in [0.3, 0.4) is 0 Å². The molecule has 1 fully saturated rings. The van der Waals surface area contributed by atoms with Crippen molar-refractivity contribution >= 4 is 35.5 Å². The number of carbonyl (C=O) groups excluding carboxylic acids is 5. The van der Waals surface area contributed by atoms with Crippen molar-refractivity contribution in [3.8, 4) is 0 Å². The molecule has 284 valence electrons. The second kappa shape index (κ2) is 23.0. The van der Waals surface area contributed by atoms with Gasteiger partial charge in [0.05, 0.1) is 6.04 Å². The first-order chi connectivity index (χ1) is 23.9. The summed E-state index contributed by atoms with van der Waals surface area (Å²) in [5.41, 5.74) is 17.4. The molecule has 1 aliphatic carbocycles. The SMILES string of the molecule is CC(C)C[C@H](NC(=O)[C@H](CC1CCCCC1)NC(=O)[C@@H]1C/C=C/C[C@H](N)C(=O)N[C@@H](CCCCN)C(=O)N[C@@H](CCCCN)C(=O)N1)C(=O)O. The van der Waals surface area contributed by atoms with Crippen LogP contribution in [0.5, 0.6) is 0 Å². The van der Waals surface area contributed by atoms with E-state index < -0.39 is 71.8 Å². The molecule has 0 spiro atoms. The van der Waals surface area contributed by atoms with Crippen LogP contribution < -0.4 is 43.8 Å². The predicted octanol–water partition coefficient (Wildman–Crippen LogP) is 0.447. The van der Waals surface area contributed by atoms with E-state index in [-0.39, 0.29) is 37.5 Å². The number of rotatable bonds is 17. The number of hydrogen-bond acceptors (Lipinski definition) is 9. The van der Waals surface area contributed by atoms with Gasteiger partial charge in [-0.3, -0.25) is 24.0 Å². The fourth-order valence-electron chi connectivity index (χ4n) is 6.39. The number of aliphatic carboxylic acids is 1. The zero-order valence-electron chi connectivity index (χ0n) is 29.9. The Hall–Kier alpha value is -3.56. The lowest BCUT2D eigenvalue weighted by Crippen LogP contribution is -2.59. The summed E-state index contributed by atoms with van der Waals surface area (Å²) in [6, 6.07) is -6.23. The van der Waals surface area contributed by atoms with E-state index in [1.807, 2.05) is 13.8 Å². The largest absolute Gasteiger partial charge is 0.480 e. The maximum absolute atomic E-state index is 13.9. The Morgan fingerprint density at radius 1 is 0.800 bits per heavy atom. The summed E-state index contributed by atoms with van der Waals surface area (Å²) >= 11 is 0. The van der Waals surface area contributed by atoms with Gasteiger partial charge in [0.1, 0.15) is 30.2 Å². The number of carboxylic acids is 1. The summed E-state index contributed by atoms with van der Waals surface area (Å²) in [5.74, 6) is -3.88. The molecule has 0 unspecified atom stereocenters. The monoisotopic (exact) mass is 706 g/mol. The highest BCUT2D eigenvalue weighted by atomic mass is 16.4. The molecule has 0 radical (unpaired) electrons. The third-order valence-corrected chi connectivity index (χ3v) is 9.31. The van der Waals surface area contributed by atoms with Crippen LogP contribution in [0.15, 0.2) is 12.2 Å². The molecule has 2 aliphatic rings. The van der Waals surface area contributed by atoms with Crippen LogP contribution in [0.2, 0.25) is 0 Å². The summed E-state index contributed by atoms with van der Waals surface area (Å²) in [6.45, 7) is 4.53. The quantitative estimate of drug-likeness (QED) is 0.0745. The first-order valence-electron chi connectivity index (χ1n) is 18.4. The van der Waals surface area contributed by atoms with Gasteiger partial charge in [-0.15, -0.1) is 0 Å². The molecule has 1 heterocycles. The average molecular weight is 707 g/mol. The second-order valence-electron chi connectivity index (χ2n) is 14.1. The molecule has 0 aromatic heterocycles. The van der Waals surface area contributed by atoms with Crippen molar-refractivity contribution in [2.24, 2.45) is 29.0 Å². The average Bonchev–Trinajstić information content (AvgIpc) is 3.07. The van der Waals surface area contributed by atoms with Crippen LogP contribution >= 0.6 is 0 Å². The van der Waals surface area contributed by atoms with E-state index in [9.17, 15) is 33.9 Å². The van der Waals surface area contributed by atoms with E-state index in [1.54, 1.807) is 12.2 Å². The molecule has 0 bridgehead atoms. The third kappa shape index (κ3) is 15.5. The number of nitrogens with one attached hydrogen (secondary N) is 5. The Kier molecular flexibility index (Phi) is 19.6. The van der Waals surface area contributed by atoms with Crippen molar-refractivity contribution < 1.29 is 33.9 Å². The topological polar surface area (TPSA) is 261 Å². The van der Waals surface area contributed by atoms with Gasteiger partial charge in [0.25, 0.3) is 0 Å². The van der Waals surface area contributed by atoms with Crippen molar-refractivity contribution in [2.75, 3.05) is 13.1 Å². The zero-order chi connectivity index (χ0) is 37.1. The Balaban J connectivity index is 2.38. The van der Waals surface area contributed by atoms with Crippen molar-refractivity contribution in [1.82, 2.24) is 26.6 Å². The van der Waals surface area contributed by atoms with Crippen LogP contribution in [-0.2, 0) is 28.8 Å². The van der Waals surface area contributed by atoms with Crippen molar-refractivity contribution in [2.45, 2.75) is 146 Å². The van der Waals surface area contributed by atoms with Crippen molar-refractivity contribution in [3.63, 3.8) is 0 Å². The molecule has 1 aliphatic heterocycles. The predicted molar refractivity (Wildman–Crippen MR) is 190 cm³/mol. The van der Waals surface area contributed by atoms with Crippen LogP contribution in [-0.4, -0.2) is 90.0 Å². The third-order valence-electron chi connectivity index (χ3n) is 9.31. The molecular formula is C35H62N8O7. The molecule has 15 nitrogen and oxygen atoms in total. The van der Waals surface area contributed by atoms with E-state index in [2.05, 4.69) is 26.6 Å². The number of unbranched alkanes of at least 4 members (excludes halogenated alkanes) is 2. The summed E-state index contributed by atoms with van der Waals surface area (Å²) in [6.07, 6.45) is 11.7. The molecule has 12 N–H and O–H groups in total. The number of nitrogens with two attached hydrogens (primary N) is 3. The van der Waals surface area contributed by atoms with Gasteiger partial charge < -0.3 is 48.9 Å². The summed E-state index contributed by atoms with van der Waals surface area (Å²) in [7, 11) is 0. The van der Waals surface area contributed by atoms with E-state index in [0.717, 1.165) is 32.1 Å². The molecule has 1 saturated carbocycles. The van der Waals surface area contributed by atoms with Gasteiger partial charge in [-0.05, 0) is 89.1 Å². The van der Waals surface area contributed by atoms with Crippen LogP contribution in [0.25, 0.3) is 0 Å². The smallest absolute Gasteiger partial charge is 0.326 e. The van der Waals surface area contributed by atoms with Crippen molar-refractivity contribution in [3.05, 3.63) is 12.2 Å². The Morgan fingerprint density at radius 3 is 1.92 bits per heavy atom. The first kappa shape index (κ1) is 42.6. The van der Waals surface area contributed by atoms with Gasteiger partial charge in [-0.25, -0.2) is 4.79 Å². The Labute approximate surface area is 296 Å². The summed E-state index contributed by atoms with van der Waals surface area (Å²) in [4.78, 5) is 79.6. The first-order valence-corrected chi connectivity index (χ1v) is 18.4. The molecule has 0 aromatic rings. The van der Waals surface area contributed by atoms with Crippen LogP contribution in [0.4, 0.5) is 0 Å². The summed E-state index contributed by atoms with van der Waals surface area (Å²) in [5, 5.41) is 23.5. The maximum Gasteiger partial charge on any atom is 0.326 e. The number of hydrogen-bond donors (Lipinski definition) is 9. The minimum Gasteiger partial charge on any atom is -0.480 e. The normalized spacial score (nSPS) is 24.6. The number of carboxylic acid groups (broad SMARTS) is 1. The lowest BCUT2D eigenvalue weighted by Gasteiger charge is -2.30. The molecule has 15 heteroatoms. The van der Waals surface area contributed by atoms with E-state index in [0.29, 0.717) is 51.6 Å². The van der Waals surface area contributed by atoms with E-state index >= 15 is 0 Å². The highest BCUT2D eigenvalue weighted by Crippen LogP contribution is 2.27. The molecule has 5 amide bonds. The van der Waals surface area contributed by atoms with Gasteiger partial charge in [0.15, 0.2) is 0 Å². The second-order valence-corrected chi connectivity index (χ2v) is 14.1. The van der Waals surface area contributed by atoms with Gasteiger partial charge in [-0.1, -0.05) is 58.1 Å². The number of amides is 5. The molecular weight excluding hydrogens is 644 g/mol. The zero-order valence-corrected chi connectivity index (χ0v) is 29.9. The molecule has 50 heavy (non-hydrogen) atoms. The standard InChI is InChI=1S/C35H62N8O7/c1-22(2)20-29(35(49)50)43-34(48)28(21-23-12-4-3-5-13-23)42-33(47)26-15-7-6-14-24(38)30(44)39-25(16-8-10-18-36)31(45)41-27(32(46)40-26)17-9-11-19-37/h6-7,22-29H,3-5,8-21,36-38H2,1-2H3,(H,39,44)(H,40,46)(H,41,45)(H,42,47)(H,43,48)(H,49,50)/b7-6+/t24-,25-,26-,27-,28-,29-/m0/s1. The molecule has 0 aromatic carbocycles. The fraction of sp³-hybridized carbons (Fsp3) is 0.771. The van der Waals surface area contributed by atoms with Gasteiger partial charge in [0.2, 0.25) is 29.5 Å². The highest BCUT2D eigenvalue weighted by Gasteiger charge is 2.34. The lowest BCUT2D eigenvalue weighted by atomic mass is 9.84. The molecule has 6 atom stereocenters. The minimum absolute atomic E-state index is 0.00760. The Morgan fingerprint density at radius 2 is 1.36 bits per heavy atom. The van der Waals surface area contributed by atoms with Crippen LogP contribution in [0.1, 0.15) is 110 Å². The van der Waals surface area contributed by atoms with Gasteiger partial charge >= 0.3 is 5.97 Å². The molecule has 2 rings (SSSR count). The van der Waals surface area contributed by atoms with Crippen molar-refractivity contribution in [1.29, 1.82) is 0 Å². The summed E-state index contributed by atoms with van der Waals surface area (Å²) < 4.78 is 0. The van der Waals surface area contributed by atoms with Gasteiger partial charge in [-0.2, -0.15) is 0 Å². The lowest BCUT2D eigenvalue weighted by molar-refractivity contribution is -0.143. The Bertz CT molecular complexity index is 1140. The maximum atomic E-state index is 13.9. The van der Waals surface area contributed by atoms with E-state index in [1.165, 1.54) is 0 Å². The minimum atomic E-state index is -1.16. The number of carbonyl (C=O) groups is 6. The highest BCUT2D eigenvalue weighted by molar-refractivity contribution is 5.96. The molecule has 0 saturated heterocycles. The van der Waals surface area contributed by atoms with Gasteiger partial charge in [0, 0.05) is 0 Å². The fourth-order valence-corrected chi connectivity index (χ4v) is 6.39. The van der Waals surface area contributed by atoms with Crippen LogP contribution in [0, 0.1) is 11.8 Å².